The van der Waals surface area contributed by atoms with Gasteiger partial charge in [0.05, 0.1) is 18.8 Å². The molecule has 0 aromatic heterocycles. The summed E-state index contributed by atoms with van der Waals surface area (Å²) < 4.78 is 12.0. The highest BCUT2D eigenvalue weighted by Crippen LogP contribution is 2.36. The van der Waals surface area contributed by atoms with E-state index in [-0.39, 0.29) is 29.9 Å². The van der Waals surface area contributed by atoms with Crippen molar-refractivity contribution in [1.29, 1.82) is 0 Å². The SMILES string of the molecule is C[C@@H]1CCN(CCCOc2ccc(N3CCC4(CC3)CN(C3CCC3)C(=O)CO4)cc2)C1=O. The van der Waals surface area contributed by atoms with Crippen LogP contribution in [0.4, 0.5) is 5.69 Å². The largest absolute Gasteiger partial charge is 0.494 e. The number of hydrogen-bond donors (Lipinski definition) is 0. The number of piperidine rings is 1. The highest BCUT2D eigenvalue weighted by atomic mass is 16.5. The zero-order valence-electron chi connectivity index (χ0n) is 19.8. The van der Waals surface area contributed by atoms with E-state index in [2.05, 4.69) is 21.9 Å². The first kappa shape index (κ1) is 22.5. The van der Waals surface area contributed by atoms with Gasteiger partial charge in [-0.15, -0.1) is 0 Å². The van der Waals surface area contributed by atoms with Crippen LogP contribution >= 0.6 is 0 Å². The molecule has 1 aromatic carbocycles. The van der Waals surface area contributed by atoms with Crippen LogP contribution in [0.25, 0.3) is 0 Å². The Morgan fingerprint density at radius 1 is 1.06 bits per heavy atom. The predicted molar refractivity (Wildman–Crippen MR) is 126 cm³/mol. The second-order valence-corrected chi connectivity index (χ2v) is 10.3. The van der Waals surface area contributed by atoms with Gasteiger partial charge in [-0.05, 0) is 69.2 Å². The number of morpholine rings is 1. The van der Waals surface area contributed by atoms with Gasteiger partial charge in [-0.2, -0.15) is 0 Å². The fourth-order valence-electron chi connectivity index (χ4n) is 5.56. The summed E-state index contributed by atoms with van der Waals surface area (Å²) in [7, 11) is 0. The molecule has 3 aliphatic heterocycles. The maximum atomic E-state index is 12.3. The lowest BCUT2D eigenvalue weighted by Gasteiger charge is -2.50. The molecule has 7 nitrogen and oxygen atoms in total. The Morgan fingerprint density at radius 3 is 2.45 bits per heavy atom. The van der Waals surface area contributed by atoms with E-state index in [1.54, 1.807) is 0 Å². The zero-order chi connectivity index (χ0) is 22.8. The lowest BCUT2D eigenvalue weighted by Crippen LogP contribution is -2.61. The number of ether oxygens (including phenoxy) is 2. The van der Waals surface area contributed by atoms with Crippen molar-refractivity contribution in [3.05, 3.63) is 24.3 Å². The number of rotatable bonds is 7. The van der Waals surface area contributed by atoms with Gasteiger partial charge in [0.25, 0.3) is 0 Å². The molecule has 0 N–H and O–H groups in total. The number of amides is 2. The maximum absolute atomic E-state index is 12.3. The summed E-state index contributed by atoms with van der Waals surface area (Å²) in [6, 6.07) is 8.78. The van der Waals surface area contributed by atoms with Crippen LogP contribution in [0.3, 0.4) is 0 Å². The fourth-order valence-corrected chi connectivity index (χ4v) is 5.56. The van der Waals surface area contributed by atoms with E-state index in [9.17, 15) is 9.59 Å². The Morgan fingerprint density at radius 2 is 1.82 bits per heavy atom. The van der Waals surface area contributed by atoms with E-state index >= 15 is 0 Å². The van der Waals surface area contributed by atoms with Gasteiger partial charge in [0, 0.05) is 43.8 Å². The number of carbonyl (C=O) groups excluding carboxylic acids is 2. The molecule has 4 fully saturated rings. The fraction of sp³-hybridized carbons (Fsp3) is 0.692. The summed E-state index contributed by atoms with van der Waals surface area (Å²) in [5, 5.41) is 0. The molecule has 1 atom stereocenters. The topological polar surface area (TPSA) is 62.3 Å². The molecule has 1 aliphatic carbocycles. The van der Waals surface area contributed by atoms with E-state index in [1.807, 2.05) is 24.0 Å². The van der Waals surface area contributed by atoms with Gasteiger partial charge in [0.2, 0.25) is 11.8 Å². The Balaban J connectivity index is 1.07. The Hall–Kier alpha value is -2.28. The number of hydrogen-bond acceptors (Lipinski definition) is 5. The Bertz CT molecular complexity index is 846. The molecule has 5 rings (SSSR count). The average molecular weight is 456 g/mol. The summed E-state index contributed by atoms with van der Waals surface area (Å²) in [4.78, 5) is 30.8. The summed E-state index contributed by atoms with van der Waals surface area (Å²) in [6.45, 7) is 7.18. The smallest absolute Gasteiger partial charge is 0.248 e. The van der Waals surface area contributed by atoms with Crippen molar-refractivity contribution < 1.29 is 19.1 Å². The lowest BCUT2D eigenvalue weighted by molar-refractivity contribution is -0.174. The van der Waals surface area contributed by atoms with Crippen molar-refractivity contribution >= 4 is 17.5 Å². The van der Waals surface area contributed by atoms with E-state index in [4.69, 9.17) is 9.47 Å². The summed E-state index contributed by atoms with van der Waals surface area (Å²) in [5.74, 6) is 1.50. The van der Waals surface area contributed by atoms with Gasteiger partial charge >= 0.3 is 0 Å². The lowest BCUT2D eigenvalue weighted by atomic mass is 9.85. The third kappa shape index (κ3) is 4.84. The Labute approximate surface area is 197 Å². The van der Waals surface area contributed by atoms with E-state index in [0.29, 0.717) is 12.6 Å². The zero-order valence-corrected chi connectivity index (χ0v) is 19.8. The second kappa shape index (κ2) is 9.53. The first-order valence-corrected chi connectivity index (χ1v) is 12.7. The first-order chi connectivity index (χ1) is 16.0. The van der Waals surface area contributed by atoms with E-state index in [1.165, 1.54) is 12.1 Å². The van der Waals surface area contributed by atoms with Gasteiger partial charge in [-0.1, -0.05) is 6.92 Å². The highest BCUT2D eigenvalue weighted by molar-refractivity contribution is 5.80. The van der Waals surface area contributed by atoms with Gasteiger partial charge in [0.1, 0.15) is 12.4 Å². The minimum absolute atomic E-state index is 0.169. The molecule has 4 aliphatic rings. The first-order valence-electron chi connectivity index (χ1n) is 12.7. The van der Waals surface area contributed by atoms with Gasteiger partial charge in [0.15, 0.2) is 0 Å². The van der Waals surface area contributed by atoms with E-state index in [0.717, 1.165) is 77.0 Å². The van der Waals surface area contributed by atoms with Crippen LogP contribution in [-0.2, 0) is 14.3 Å². The van der Waals surface area contributed by atoms with Crippen LogP contribution in [0.1, 0.15) is 51.9 Å². The molecular weight excluding hydrogens is 418 g/mol. The van der Waals surface area contributed by atoms with Crippen LogP contribution in [0.2, 0.25) is 0 Å². The monoisotopic (exact) mass is 455 g/mol. The maximum Gasteiger partial charge on any atom is 0.248 e. The summed E-state index contributed by atoms with van der Waals surface area (Å²) >= 11 is 0. The molecule has 1 saturated carbocycles. The number of carbonyl (C=O) groups is 2. The molecule has 0 unspecified atom stereocenters. The normalized spacial score (nSPS) is 25.6. The number of likely N-dealkylation sites (tertiary alicyclic amines) is 1. The molecule has 2 amide bonds. The van der Waals surface area contributed by atoms with Crippen molar-refractivity contribution in [3.8, 4) is 5.75 Å². The highest BCUT2D eigenvalue weighted by Gasteiger charge is 2.45. The van der Waals surface area contributed by atoms with Crippen LogP contribution in [0.5, 0.6) is 5.75 Å². The van der Waals surface area contributed by atoms with Crippen LogP contribution in [0.15, 0.2) is 24.3 Å². The van der Waals surface area contributed by atoms with Gasteiger partial charge in [-0.3, -0.25) is 9.59 Å². The second-order valence-electron chi connectivity index (χ2n) is 10.3. The van der Waals surface area contributed by atoms with Gasteiger partial charge < -0.3 is 24.2 Å². The molecular formula is C26H37N3O4. The molecule has 1 spiro atoms. The van der Waals surface area contributed by atoms with Crippen LogP contribution < -0.4 is 9.64 Å². The van der Waals surface area contributed by atoms with Crippen LogP contribution in [-0.4, -0.2) is 79.2 Å². The number of anilines is 1. The van der Waals surface area contributed by atoms with Crippen molar-refractivity contribution in [2.45, 2.75) is 63.5 Å². The summed E-state index contributed by atoms with van der Waals surface area (Å²) in [6.07, 6.45) is 7.28. The third-order valence-corrected chi connectivity index (χ3v) is 8.08. The molecule has 33 heavy (non-hydrogen) atoms. The average Bonchev–Trinajstić information content (AvgIpc) is 3.11. The molecule has 0 bridgehead atoms. The van der Waals surface area contributed by atoms with Gasteiger partial charge in [-0.25, -0.2) is 0 Å². The molecule has 7 heteroatoms. The third-order valence-electron chi connectivity index (χ3n) is 8.08. The molecule has 0 radical (unpaired) electrons. The molecule has 3 heterocycles. The Kier molecular flexibility index (Phi) is 6.50. The molecule has 3 saturated heterocycles. The summed E-state index contributed by atoms with van der Waals surface area (Å²) in [5.41, 5.74) is 1.04. The van der Waals surface area contributed by atoms with E-state index < -0.39 is 0 Å². The van der Waals surface area contributed by atoms with Crippen molar-refractivity contribution in [3.63, 3.8) is 0 Å². The standard InChI is InChI=1S/C26H37N3O4/c1-20-10-14-28(25(20)31)13-3-17-32-23-8-6-21(7-9-23)27-15-11-26(12-16-27)19-29(22-4-2-5-22)24(30)18-33-26/h6-9,20,22H,2-5,10-19H2,1H3/t20-/m1/s1. The number of nitrogens with zero attached hydrogens (tertiary/aromatic N) is 3. The minimum Gasteiger partial charge on any atom is -0.494 e. The quantitative estimate of drug-likeness (QED) is 0.592. The molecule has 180 valence electrons. The van der Waals surface area contributed by atoms with Crippen molar-refractivity contribution in [2.24, 2.45) is 5.92 Å². The minimum atomic E-state index is -0.169. The molecule has 1 aromatic rings. The number of benzene rings is 1. The van der Waals surface area contributed by atoms with Crippen molar-refractivity contribution in [2.75, 3.05) is 50.8 Å². The van der Waals surface area contributed by atoms with Crippen molar-refractivity contribution in [1.82, 2.24) is 9.80 Å². The van der Waals surface area contributed by atoms with Crippen LogP contribution in [0, 0.1) is 5.92 Å². The predicted octanol–water partition coefficient (Wildman–Crippen LogP) is 3.07.